The van der Waals surface area contributed by atoms with Crippen molar-refractivity contribution in [2.24, 2.45) is 11.5 Å². The standard InChI is InChI=1S/C5H10N2O6.C5H14N2O2.HI/c8-6(9)1-3-12-5-13-4-2-7(10)11;6-1-3-8-5-9-4-2-7;/h1-5H2;1-7H2;1H. The zero-order valence-corrected chi connectivity index (χ0v) is 15.1. The number of hydrogen-bond acceptors (Lipinski definition) is 10. The zero-order valence-electron chi connectivity index (χ0n) is 12.8. The van der Waals surface area contributed by atoms with Crippen molar-refractivity contribution in [2.75, 3.05) is 66.2 Å². The van der Waals surface area contributed by atoms with E-state index in [0.717, 1.165) is 0 Å². The van der Waals surface area contributed by atoms with Gasteiger partial charge in [0.15, 0.2) is 0 Å². The van der Waals surface area contributed by atoms with Crippen LogP contribution in [0.5, 0.6) is 0 Å². The van der Waals surface area contributed by atoms with Crippen molar-refractivity contribution in [2.45, 2.75) is 0 Å². The van der Waals surface area contributed by atoms with E-state index in [1.54, 1.807) is 0 Å². The normalized spacial score (nSPS) is 9.48. The van der Waals surface area contributed by atoms with Crippen molar-refractivity contribution >= 4 is 24.0 Å². The molecule has 0 rings (SSSR count). The van der Waals surface area contributed by atoms with Gasteiger partial charge >= 0.3 is 0 Å². The van der Waals surface area contributed by atoms with Crippen LogP contribution < -0.4 is 11.5 Å². The molecule has 23 heavy (non-hydrogen) atoms. The van der Waals surface area contributed by atoms with Crippen molar-refractivity contribution in [1.29, 1.82) is 0 Å². The van der Waals surface area contributed by atoms with Crippen LogP contribution in [-0.4, -0.2) is 76.0 Å². The van der Waals surface area contributed by atoms with Crippen LogP contribution in [0.2, 0.25) is 0 Å². The second-order valence-electron chi connectivity index (χ2n) is 3.56. The predicted octanol–water partition coefficient (Wildman–Crippen LogP) is -0.957. The van der Waals surface area contributed by atoms with E-state index in [1.807, 2.05) is 0 Å². The fourth-order valence-electron chi connectivity index (χ4n) is 0.798. The molecule has 0 aliphatic carbocycles. The third kappa shape index (κ3) is 33.9. The summed E-state index contributed by atoms with van der Waals surface area (Å²) >= 11 is 0. The number of nitrogens with two attached hydrogens (primary N) is 2. The van der Waals surface area contributed by atoms with E-state index in [-0.39, 0.29) is 57.1 Å². The van der Waals surface area contributed by atoms with Crippen LogP contribution >= 0.6 is 24.0 Å². The van der Waals surface area contributed by atoms with E-state index in [4.69, 9.17) is 20.9 Å². The van der Waals surface area contributed by atoms with Gasteiger partial charge in [0.2, 0.25) is 13.1 Å². The van der Waals surface area contributed by atoms with Gasteiger partial charge in [0, 0.05) is 22.9 Å². The second-order valence-corrected chi connectivity index (χ2v) is 3.56. The van der Waals surface area contributed by atoms with Crippen LogP contribution in [0.4, 0.5) is 0 Å². The molecular weight excluding hydrogens is 431 g/mol. The molecule has 0 amide bonds. The fourth-order valence-corrected chi connectivity index (χ4v) is 0.798. The number of rotatable bonds is 14. The molecule has 0 radical (unpaired) electrons. The summed E-state index contributed by atoms with van der Waals surface area (Å²) in [5.74, 6) is 0. The first-order chi connectivity index (χ1) is 10.5. The Balaban J connectivity index is -0.000000354. The van der Waals surface area contributed by atoms with Crippen LogP contribution in [-0.2, 0) is 18.9 Å². The summed E-state index contributed by atoms with van der Waals surface area (Å²) in [6.45, 7) is 1.62. The molecule has 0 bridgehead atoms. The number of nitrogens with zero attached hydrogens (tertiary/aromatic N) is 2. The molecule has 4 N–H and O–H groups in total. The predicted molar refractivity (Wildman–Crippen MR) is 90.8 cm³/mol. The summed E-state index contributed by atoms with van der Waals surface area (Å²) < 4.78 is 19.0. The molecule has 0 saturated carbocycles. The molecule has 0 aromatic heterocycles. The lowest BCUT2D eigenvalue weighted by Crippen LogP contribution is -2.14. The molecule has 12 nitrogen and oxygen atoms in total. The molecule has 0 saturated heterocycles. The highest BCUT2D eigenvalue weighted by Gasteiger charge is 1.98. The Morgan fingerprint density at radius 1 is 0.696 bits per heavy atom. The van der Waals surface area contributed by atoms with Crippen LogP contribution in [0.1, 0.15) is 0 Å². The summed E-state index contributed by atoms with van der Waals surface area (Å²) in [4.78, 5) is 18.5. The Hall–Kier alpha value is -0.710. The third-order valence-electron chi connectivity index (χ3n) is 1.69. The van der Waals surface area contributed by atoms with Gasteiger partial charge < -0.3 is 30.4 Å². The Morgan fingerprint density at radius 2 is 1.00 bits per heavy atom. The monoisotopic (exact) mass is 456 g/mol. The Labute approximate surface area is 151 Å². The summed E-state index contributed by atoms with van der Waals surface area (Å²) in [5.41, 5.74) is 10.3. The van der Waals surface area contributed by atoms with Crippen LogP contribution in [0.3, 0.4) is 0 Å². The lowest BCUT2D eigenvalue weighted by Gasteiger charge is -2.01. The largest absolute Gasteiger partial charge is 0.354 e. The van der Waals surface area contributed by atoms with E-state index in [1.165, 1.54) is 0 Å². The third-order valence-corrected chi connectivity index (χ3v) is 1.69. The molecule has 13 heteroatoms. The van der Waals surface area contributed by atoms with E-state index >= 15 is 0 Å². The maximum atomic E-state index is 9.77. The highest BCUT2D eigenvalue weighted by atomic mass is 127. The molecule has 0 fully saturated rings. The van der Waals surface area contributed by atoms with Gasteiger partial charge in [-0.2, -0.15) is 0 Å². The molecule has 0 heterocycles. The molecule has 0 aromatic rings. The van der Waals surface area contributed by atoms with Gasteiger partial charge in [-0.05, 0) is 0 Å². The van der Waals surface area contributed by atoms with Gasteiger partial charge in [0.05, 0.1) is 13.2 Å². The quantitative estimate of drug-likeness (QED) is 0.109. The van der Waals surface area contributed by atoms with E-state index in [9.17, 15) is 20.2 Å². The first-order valence-corrected chi connectivity index (χ1v) is 6.49. The highest BCUT2D eigenvalue weighted by Crippen LogP contribution is 1.80. The maximum Gasteiger partial charge on any atom is 0.227 e. The minimum atomic E-state index is -0.517. The topological polar surface area (TPSA) is 175 Å². The average Bonchev–Trinajstić information content (AvgIpc) is 2.46. The first kappa shape index (κ1) is 27.2. The Morgan fingerprint density at radius 3 is 1.26 bits per heavy atom. The molecular formula is C10H25IN4O8. The Bertz CT molecular complexity index is 251. The number of ether oxygens (including phenoxy) is 4. The molecule has 0 spiro atoms. The van der Waals surface area contributed by atoms with Gasteiger partial charge in [0.1, 0.15) is 26.8 Å². The first-order valence-electron chi connectivity index (χ1n) is 6.49. The summed E-state index contributed by atoms with van der Waals surface area (Å²) in [6.07, 6.45) is 0. The van der Waals surface area contributed by atoms with Crippen molar-refractivity contribution in [3.63, 3.8) is 0 Å². The van der Waals surface area contributed by atoms with Gasteiger partial charge in [-0.3, -0.25) is 20.2 Å². The van der Waals surface area contributed by atoms with Crippen LogP contribution in [0.25, 0.3) is 0 Å². The highest BCUT2D eigenvalue weighted by molar-refractivity contribution is 14.0. The second kappa shape index (κ2) is 23.6. The molecule has 0 aliphatic heterocycles. The zero-order chi connectivity index (χ0) is 17.1. The summed E-state index contributed by atoms with van der Waals surface area (Å²) in [7, 11) is 0. The molecule has 140 valence electrons. The van der Waals surface area contributed by atoms with Crippen LogP contribution in [0.15, 0.2) is 0 Å². The SMILES string of the molecule is I.NCCOCOCCN.O=[N+]([O-])CCOCOCC[N+](=O)[O-]. The number of halogens is 1. The van der Waals surface area contributed by atoms with Crippen molar-refractivity contribution < 1.29 is 28.8 Å². The molecule has 0 aliphatic rings. The minimum absolute atomic E-state index is 0. The number of nitro groups is 2. The summed E-state index contributed by atoms with van der Waals surface area (Å²) in [6, 6.07) is 0. The molecule has 0 atom stereocenters. The average molecular weight is 456 g/mol. The summed E-state index contributed by atoms with van der Waals surface area (Å²) in [5, 5.41) is 19.5. The van der Waals surface area contributed by atoms with E-state index < -0.39 is 9.85 Å². The van der Waals surface area contributed by atoms with Crippen molar-refractivity contribution in [3.8, 4) is 0 Å². The van der Waals surface area contributed by atoms with Crippen molar-refractivity contribution in [1.82, 2.24) is 0 Å². The molecule has 0 unspecified atom stereocenters. The molecule has 0 aromatic carbocycles. The maximum absolute atomic E-state index is 9.77. The van der Waals surface area contributed by atoms with Gasteiger partial charge in [0.25, 0.3) is 0 Å². The van der Waals surface area contributed by atoms with Gasteiger partial charge in [-0.15, -0.1) is 24.0 Å². The van der Waals surface area contributed by atoms with E-state index in [2.05, 4.69) is 9.47 Å². The van der Waals surface area contributed by atoms with Crippen LogP contribution in [0, 0.1) is 20.2 Å². The Kier molecular flexibility index (Phi) is 27.8. The van der Waals surface area contributed by atoms with Gasteiger partial charge in [-0.1, -0.05) is 0 Å². The smallest absolute Gasteiger partial charge is 0.227 e. The van der Waals surface area contributed by atoms with Crippen molar-refractivity contribution in [3.05, 3.63) is 20.2 Å². The van der Waals surface area contributed by atoms with E-state index in [0.29, 0.717) is 33.1 Å². The minimum Gasteiger partial charge on any atom is -0.354 e. The lowest BCUT2D eigenvalue weighted by atomic mass is 10.7. The lowest BCUT2D eigenvalue weighted by molar-refractivity contribution is -0.487. The number of hydrogen-bond donors (Lipinski definition) is 2. The van der Waals surface area contributed by atoms with Gasteiger partial charge in [-0.25, -0.2) is 0 Å². The fraction of sp³-hybridized carbons (Fsp3) is 1.00.